The van der Waals surface area contributed by atoms with Crippen molar-refractivity contribution in [2.24, 2.45) is 0 Å². The maximum absolute atomic E-state index is 13.1. The molecule has 0 heterocycles. The van der Waals surface area contributed by atoms with Gasteiger partial charge in [-0.05, 0) is 26.3 Å². The van der Waals surface area contributed by atoms with Crippen LogP contribution >= 0.6 is 0 Å². The summed E-state index contributed by atoms with van der Waals surface area (Å²) >= 11 is 0. The van der Waals surface area contributed by atoms with E-state index in [1.54, 1.807) is 0 Å². The topological polar surface area (TPSA) is 38.0 Å². The van der Waals surface area contributed by atoms with E-state index in [0.29, 0.717) is 5.69 Å². The lowest BCUT2D eigenvalue weighted by Gasteiger charge is -2.26. The van der Waals surface area contributed by atoms with Gasteiger partial charge in [0.25, 0.3) is 0 Å². The van der Waals surface area contributed by atoms with Gasteiger partial charge in [0.15, 0.2) is 5.82 Å². The molecule has 0 radical (unpaired) electrons. The zero-order chi connectivity index (χ0) is 11.6. The van der Waals surface area contributed by atoms with Gasteiger partial charge in [-0.3, -0.25) is 0 Å². The van der Waals surface area contributed by atoms with Crippen LogP contribution in [0.1, 0.15) is 27.2 Å². The average molecular weight is 214 g/mol. The van der Waals surface area contributed by atoms with Gasteiger partial charge in [0.05, 0.1) is 11.4 Å². The van der Waals surface area contributed by atoms with Crippen LogP contribution in [0.5, 0.6) is 0 Å². The van der Waals surface area contributed by atoms with Crippen molar-refractivity contribution in [3.05, 3.63) is 23.8 Å². The first-order chi connectivity index (χ1) is 6.85. The number of hydrogen-bond donors (Lipinski definition) is 2. The quantitative estimate of drug-likeness (QED) is 0.758. The maximum Gasteiger partial charge on any atom is 0.151 e. The molecule has 15 heavy (non-hydrogen) atoms. The summed E-state index contributed by atoms with van der Waals surface area (Å²) in [5.74, 6) is -1.36. The van der Waals surface area contributed by atoms with E-state index in [4.69, 9.17) is 5.73 Å². The fourth-order valence-electron chi connectivity index (χ4n) is 1.14. The molecule has 0 aliphatic heterocycles. The molecule has 1 aromatic carbocycles. The monoisotopic (exact) mass is 214 g/mol. The van der Waals surface area contributed by atoms with Crippen molar-refractivity contribution in [1.82, 2.24) is 0 Å². The Hall–Kier alpha value is -1.32. The first-order valence-corrected chi connectivity index (χ1v) is 4.88. The molecule has 0 amide bonds. The summed E-state index contributed by atoms with van der Waals surface area (Å²) in [6, 6.07) is 1.98. The number of benzene rings is 1. The average Bonchev–Trinajstić information content (AvgIpc) is 2.13. The molecule has 0 saturated carbocycles. The SMILES string of the molecule is CCC(C)(C)Nc1cc(F)cc(F)c1N. The van der Waals surface area contributed by atoms with Crippen molar-refractivity contribution >= 4 is 11.4 Å². The van der Waals surface area contributed by atoms with Gasteiger partial charge in [0.2, 0.25) is 0 Å². The Bertz CT molecular complexity index is 362. The Morgan fingerprint density at radius 3 is 2.47 bits per heavy atom. The van der Waals surface area contributed by atoms with Crippen LogP contribution in [0, 0.1) is 11.6 Å². The summed E-state index contributed by atoms with van der Waals surface area (Å²) in [5.41, 5.74) is 5.53. The van der Waals surface area contributed by atoms with E-state index in [2.05, 4.69) is 5.32 Å². The molecule has 0 aliphatic carbocycles. The van der Waals surface area contributed by atoms with Crippen LogP contribution in [0.25, 0.3) is 0 Å². The lowest BCUT2D eigenvalue weighted by atomic mass is 10.0. The lowest BCUT2D eigenvalue weighted by Crippen LogP contribution is -2.30. The first-order valence-electron chi connectivity index (χ1n) is 4.88. The number of nitrogens with one attached hydrogen (secondary N) is 1. The van der Waals surface area contributed by atoms with Gasteiger partial charge in [0.1, 0.15) is 5.82 Å². The second-order valence-corrected chi connectivity index (χ2v) is 4.21. The van der Waals surface area contributed by atoms with Gasteiger partial charge >= 0.3 is 0 Å². The highest BCUT2D eigenvalue weighted by Gasteiger charge is 2.17. The second kappa shape index (κ2) is 4.04. The summed E-state index contributed by atoms with van der Waals surface area (Å²) < 4.78 is 26.1. The third kappa shape index (κ3) is 2.81. The molecule has 0 saturated heterocycles. The predicted octanol–water partition coefficient (Wildman–Crippen LogP) is 3.15. The standard InChI is InChI=1S/C11H16F2N2/c1-4-11(2,3)15-9-6-7(12)5-8(13)10(9)14/h5-6,15H,4,14H2,1-3H3. The largest absolute Gasteiger partial charge is 0.395 e. The zero-order valence-electron chi connectivity index (χ0n) is 9.20. The maximum atomic E-state index is 13.1. The van der Waals surface area contributed by atoms with E-state index in [0.717, 1.165) is 12.5 Å². The van der Waals surface area contributed by atoms with E-state index in [-0.39, 0.29) is 11.2 Å². The molecule has 84 valence electrons. The molecule has 1 rings (SSSR count). The van der Waals surface area contributed by atoms with Gasteiger partial charge in [-0.25, -0.2) is 8.78 Å². The van der Waals surface area contributed by atoms with Crippen LogP contribution in [-0.4, -0.2) is 5.54 Å². The highest BCUT2D eigenvalue weighted by Crippen LogP contribution is 2.27. The molecule has 0 atom stereocenters. The summed E-state index contributed by atoms with van der Waals surface area (Å²) in [7, 11) is 0. The van der Waals surface area contributed by atoms with Gasteiger partial charge in [0, 0.05) is 11.6 Å². The van der Waals surface area contributed by atoms with E-state index in [1.807, 2.05) is 20.8 Å². The summed E-state index contributed by atoms with van der Waals surface area (Å²) in [4.78, 5) is 0. The summed E-state index contributed by atoms with van der Waals surface area (Å²) in [5, 5.41) is 3.01. The number of rotatable bonds is 3. The van der Waals surface area contributed by atoms with Gasteiger partial charge in [-0.1, -0.05) is 6.92 Å². The Morgan fingerprint density at radius 1 is 1.33 bits per heavy atom. The second-order valence-electron chi connectivity index (χ2n) is 4.21. The highest BCUT2D eigenvalue weighted by molar-refractivity contribution is 5.67. The number of nitrogen functional groups attached to an aromatic ring is 1. The molecule has 0 aromatic heterocycles. The minimum absolute atomic E-state index is 0.0436. The fraction of sp³-hybridized carbons (Fsp3) is 0.455. The molecule has 0 unspecified atom stereocenters. The number of halogens is 2. The molecule has 0 bridgehead atoms. The number of hydrogen-bond acceptors (Lipinski definition) is 2. The third-order valence-corrected chi connectivity index (χ3v) is 2.45. The smallest absolute Gasteiger partial charge is 0.151 e. The molecule has 0 fully saturated rings. The van der Waals surface area contributed by atoms with Crippen LogP contribution < -0.4 is 11.1 Å². The van der Waals surface area contributed by atoms with Crippen molar-refractivity contribution < 1.29 is 8.78 Å². The van der Waals surface area contributed by atoms with Crippen LogP contribution in [-0.2, 0) is 0 Å². The third-order valence-electron chi connectivity index (χ3n) is 2.45. The van der Waals surface area contributed by atoms with Crippen molar-refractivity contribution in [3.8, 4) is 0 Å². The van der Waals surface area contributed by atoms with Crippen molar-refractivity contribution in [1.29, 1.82) is 0 Å². The van der Waals surface area contributed by atoms with Crippen molar-refractivity contribution in [2.75, 3.05) is 11.1 Å². The van der Waals surface area contributed by atoms with Crippen molar-refractivity contribution in [3.63, 3.8) is 0 Å². The normalized spacial score (nSPS) is 11.5. The molecule has 0 aliphatic rings. The van der Waals surface area contributed by atoms with E-state index >= 15 is 0 Å². The van der Waals surface area contributed by atoms with E-state index < -0.39 is 11.6 Å². The van der Waals surface area contributed by atoms with Gasteiger partial charge in [-0.15, -0.1) is 0 Å². The van der Waals surface area contributed by atoms with Crippen LogP contribution in [0.2, 0.25) is 0 Å². The summed E-state index contributed by atoms with van der Waals surface area (Å²) in [6.45, 7) is 5.86. The Kier molecular flexibility index (Phi) is 3.17. The Balaban J connectivity index is 3.05. The molecule has 4 heteroatoms. The lowest BCUT2D eigenvalue weighted by molar-refractivity contribution is 0.543. The molecular formula is C11H16F2N2. The predicted molar refractivity (Wildman–Crippen MR) is 58.8 cm³/mol. The molecular weight excluding hydrogens is 198 g/mol. The van der Waals surface area contributed by atoms with Gasteiger partial charge in [-0.2, -0.15) is 0 Å². The molecule has 3 N–H and O–H groups in total. The Morgan fingerprint density at radius 2 is 1.93 bits per heavy atom. The highest BCUT2D eigenvalue weighted by atomic mass is 19.1. The first kappa shape index (κ1) is 11.8. The number of anilines is 2. The van der Waals surface area contributed by atoms with Crippen LogP contribution in [0.4, 0.5) is 20.2 Å². The fourth-order valence-corrected chi connectivity index (χ4v) is 1.14. The Labute approximate surface area is 88.5 Å². The number of nitrogens with two attached hydrogens (primary N) is 1. The van der Waals surface area contributed by atoms with Gasteiger partial charge < -0.3 is 11.1 Å². The van der Waals surface area contributed by atoms with Crippen LogP contribution in [0.3, 0.4) is 0 Å². The van der Waals surface area contributed by atoms with Crippen molar-refractivity contribution in [2.45, 2.75) is 32.7 Å². The molecule has 0 spiro atoms. The molecule has 2 nitrogen and oxygen atoms in total. The zero-order valence-corrected chi connectivity index (χ0v) is 9.20. The minimum atomic E-state index is -0.732. The van der Waals surface area contributed by atoms with Crippen LogP contribution in [0.15, 0.2) is 12.1 Å². The molecule has 1 aromatic rings. The van der Waals surface area contributed by atoms with E-state index in [1.165, 1.54) is 6.07 Å². The summed E-state index contributed by atoms with van der Waals surface area (Å²) in [6.07, 6.45) is 0.824. The van der Waals surface area contributed by atoms with E-state index in [9.17, 15) is 8.78 Å². The minimum Gasteiger partial charge on any atom is -0.395 e.